The molecule has 0 bridgehead atoms. The summed E-state index contributed by atoms with van der Waals surface area (Å²) < 4.78 is 10.5. The van der Waals surface area contributed by atoms with Crippen LogP contribution in [0.4, 0.5) is 5.69 Å². The van der Waals surface area contributed by atoms with Crippen molar-refractivity contribution in [2.75, 3.05) is 18.2 Å². The van der Waals surface area contributed by atoms with Crippen LogP contribution in [0.1, 0.15) is 0 Å². The summed E-state index contributed by atoms with van der Waals surface area (Å²) in [5, 5.41) is 11.5. The maximum absolute atomic E-state index is 12.0. The van der Waals surface area contributed by atoms with Crippen LogP contribution >= 0.6 is 23.4 Å². The molecule has 128 valence electrons. The molecule has 0 saturated carbocycles. The van der Waals surface area contributed by atoms with Crippen LogP contribution in [0.15, 0.2) is 52.2 Å². The summed E-state index contributed by atoms with van der Waals surface area (Å²) in [7, 11) is 1.53. The van der Waals surface area contributed by atoms with E-state index >= 15 is 0 Å². The molecule has 2 heterocycles. The minimum atomic E-state index is -0.205. The van der Waals surface area contributed by atoms with Crippen molar-refractivity contribution in [1.82, 2.24) is 15.2 Å². The first kappa shape index (κ1) is 17.2. The van der Waals surface area contributed by atoms with E-state index in [9.17, 15) is 4.79 Å². The highest BCUT2D eigenvalue weighted by molar-refractivity contribution is 7.99. The number of halogens is 1. The molecule has 0 unspecified atom stereocenters. The lowest BCUT2D eigenvalue weighted by atomic mass is 10.2. The maximum Gasteiger partial charge on any atom is 0.277 e. The first-order valence-corrected chi connectivity index (χ1v) is 8.52. The van der Waals surface area contributed by atoms with E-state index in [-0.39, 0.29) is 11.7 Å². The SMILES string of the molecule is COc1ccc(NC(=O)CSc2nnc(-c3ccc(Cl)cc3)o2)cn1. The largest absolute Gasteiger partial charge is 0.481 e. The average Bonchev–Trinajstić information content (AvgIpc) is 3.10. The van der Waals surface area contributed by atoms with Crippen molar-refractivity contribution in [3.05, 3.63) is 47.6 Å². The summed E-state index contributed by atoms with van der Waals surface area (Å²) >= 11 is 7.00. The van der Waals surface area contributed by atoms with Crippen LogP contribution in [-0.2, 0) is 4.79 Å². The van der Waals surface area contributed by atoms with Gasteiger partial charge in [-0.2, -0.15) is 0 Å². The Bertz CT molecular complexity index is 853. The van der Waals surface area contributed by atoms with E-state index in [4.69, 9.17) is 20.8 Å². The number of benzene rings is 1. The molecular weight excluding hydrogens is 364 g/mol. The van der Waals surface area contributed by atoms with Crippen LogP contribution in [0, 0.1) is 0 Å². The van der Waals surface area contributed by atoms with Gasteiger partial charge >= 0.3 is 0 Å². The number of thioether (sulfide) groups is 1. The molecule has 1 aromatic carbocycles. The highest BCUT2D eigenvalue weighted by atomic mass is 35.5. The zero-order valence-electron chi connectivity index (χ0n) is 13.1. The van der Waals surface area contributed by atoms with E-state index in [1.54, 1.807) is 36.4 Å². The van der Waals surface area contributed by atoms with Crippen LogP contribution < -0.4 is 10.1 Å². The second-order valence-electron chi connectivity index (χ2n) is 4.81. The van der Waals surface area contributed by atoms with Gasteiger partial charge in [0.25, 0.3) is 5.22 Å². The van der Waals surface area contributed by atoms with Gasteiger partial charge in [0.1, 0.15) is 0 Å². The Kier molecular flexibility index (Phi) is 5.52. The first-order chi connectivity index (χ1) is 12.1. The molecule has 9 heteroatoms. The van der Waals surface area contributed by atoms with Crippen molar-refractivity contribution in [2.45, 2.75) is 5.22 Å². The molecule has 3 rings (SSSR count). The molecule has 3 aromatic rings. The predicted octanol–water partition coefficient (Wildman–Crippen LogP) is 3.52. The molecule has 0 aliphatic rings. The van der Waals surface area contributed by atoms with E-state index in [1.165, 1.54) is 13.3 Å². The highest BCUT2D eigenvalue weighted by Crippen LogP contribution is 2.24. The Morgan fingerprint density at radius 1 is 1.24 bits per heavy atom. The lowest BCUT2D eigenvalue weighted by Gasteiger charge is -2.04. The number of anilines is 1. The number of nitrogens with one attached hydrogen (secondary N) is 1. The van der Waals surface area contributed by atoms with Gasteiger partial charge in [-0.1, -0.05) is 23.4 Å². The number of ether oxygens (including phenoxy) is 1. The number of aromatic nitrogens is 3. The van der Waals surface area contributed by atoms with Crippen LogP contribution in [0.2, 0.25) is 5.02 Å². The average molecular weight is 377 g/mol. The van der Waals surface area contributed by atoms with Crippen molar-refractivity contribution >= 4 is 35.0 Å². The van der Waals surface area contributed by atoms with Gasteiger partial charge in [-0.3, -0.25) is 4.79 Å². The lowest BCUT2D eigenvalue weighted by molar-refractivity contribution is -0.113. The fourth-order valence-corrected chi connectivity index (χ4v) is 2.57. The molecule has 2 aromatic heterocycles. The van der Waals surface area contributed by atoms with Crippen LogP contribution in [0.3, 0.4) is 0 Å². The minimum Gasteiger partial charge on any atom is -0.481 e. The number of hydrogen-bond acceptors (Lipinski definition) is 7. The van der Waals surface area contributed by atoms with Crippen LogP contribution in [0.25, 0.3) is 11.5 Å². The number of carbonyl (C=O) groups is 1. The number of methoxy groups -OCH3 is 1. The fraction of sp³-hybridized carbons (Fsp3) is 0.125. The van der Waals surface area contributed by atoms with Gasteiger partial charge in [0.05, 0.1) is 24.7 Å². The van der Waals surface area contributed by atoms with E-state index in [2.05, 4.69) is 20.5 Å². The summed E-state index contributed by atoms with van der Waals surface area (Å²) in [6, 6.07) is 10.4. The molecule has 1 N–H and O–H groups in total. The Morgan fingerprint density at radius 2 is 2.04 bits per heavy atom. The van der Waals surface area contributed by atoms with E-state index in [0.29, 0.717) is 27.7 Å². The molecule has 1 amide bonds. The predicted molar refractivity (Wildman–Crippen MR) is 94.9 cm³/mol. The molecule has 0 saturated heterocycles. The van der Waals surface area contributed by atoms with Crippen molar-refractivity contribution < 1.29 is 13.9 Å². The summed E-state index contributed by atoms with van der Waals surface area (Å²) in [4.78, 5) is 16.0. The van der Waals surface area contributed by atoms with E-state index in [0.717, 1.165) is 17.3 Å². The topological polar surface area (TPSA) is 90.1 Å². The standard InChI is InChI=1S/C16H13ClN4O3S/c1-23-14-7-6-12(8-18-14)19-13(22)9-25-16-21-20-15(24-16)10-2-4-11(17)5-3-10/h2-8H,9H2,1H3,(H,19,22). The zero-order valence-corrected chi connectivity index (χ0v) is 14.7. The van der Waals surface area contributed by atoms with E-state index < -0.39 is 0 Å². The second kappa shape index (κ2) is 8.00. The van der Waals surface area contributed by atoms with Crippen molar-refractivity contribution in [3.63, 3.8) is 0 Å². The van der Waals surface area contributed by atoms with Gasteiger partial charge in [-0.15, -0.1) is 10.2 Å². The van der Waals surface area contributed by atoms with Crippen molar-refractivity contribution in [1.29, 1.82) is 0 Å². The summed E-state index contributed by atoms with van der Waals surface area (Å²) in [6.07, 6.45) is 1.52. The summed E-state index contributed by atoms with van der Waals surface area (Å²) in [5.41, 5.74) is 1.34. The van der Waals surface area contributed by atoms with Gasteiger partial charge in [-0.25, -0.2) is 4.98 Å². The number of amides is 1. The third-order valence-corrected chi connectivity index (χ3v) is 4.12. The fourth-order valence-electron chi connectivity index (χ4n) is 1.88. The Morgan fingerprint density at radius 3 is 2.72 bits per heavy atom. The lowest BCUT2D eigenvalue weighted by Crippen LogP contribution is -2.14. The van der Waals surface area contributed by atoms with Crippen molar-refractivity contribution in [2.24, 2.45) is 0 Å². The number of carbonyl (C=O) groups excluding carboxylic acids is 1. The van der Waals surface area contributed by atoms with Gasteiger partial charge in [-0.05, 0) is 30.3 Å². The molecular formula is C16H13ClN4O3S. The second-order valence-corrected chi connectivity index (χ2v) is 6.17. The first-order valence-electron chi connectivity index (χ1n) is 7.16. The quantitative estimate of drug-likeness (QED) is 0.658. The number of hydrogen-bond donors (Lipinski definition) is 1. The van der Waals surface area contributed by atoms with Gasteiger partial charge in [0, 0.05) is 16.7 Å². The number of pyridine rings is 1. The Balaban J connectivity index is 1.54. The summed E-state index contributed by atoms with van der Waals surface area (Å²) in [6.45, 7) is 0. The Hall–Kier alpha value is -2.58. The summed E-state index contributed by atoms with van der Waals surface area (Å²) in [5.74, 6) is 0.781. The van der Waals surface area contributed by atoms with Crippen LogP contribution in [0.5, 0.6) is 5.88 Å². The smallest absolute Gasteiger partial charge is 0.277 e. The molecule has 0 atom stereocenters. The highest BCUT2D eigenvalue weighted by Gasteiger charge is 2.11. The van der Waals surface area contributed by atoms with Gasteiger partial charge < -0.3 is 14.5 Å². The number of rotatable bonds is 6. The third kappa shape index (κ3) is 4.71. The minimum absolute atomic E-state index is 0.133. The van der Waals surface area contributed by atoms with E-state index in [1.807, 2.05) is 0 Å². The molecule has 0 fully saturated rings. The monoisotopic (exact) mass is 376 g/mol. The third-order valence-electron chi connectivity index (χ3n) is 3.05. The molecule has 0 radical (unpaired) electrons. The molecule has 0 spiro atoms. The molecule has 25 heavy (non-hydrogen) atoms. The molecule has 0 aliphatic heterocycles. The van der Waals surface area contributed by atoms with Gasteiger partial charge in [0.2, 0.25) is 17.7 Å². The maximum atomic E-state index is 12.0. The zero-order chi connectivity index (χ0) is 17.6. The van der Waals surface area contributed by atoms with Crippen LogP contribution in [-0.4, -0.2) is 34.0 Å². The molecule has 7 nitrogen and oxygen atoms in total. The van der Waals surface area contributed by atoms with Crippen molar-refractivity contribution in [3.8, 4) is 17.3 Å². The normalized spacial score (nSPS) is 10.5. The van der Waals surface area contributed by atoms with Gasteiger partial charge in [0.15, 0.2) is 0 Å². The molecule has 0 aliphatic carbocycles. The Labute approximate surface area is 152 Å². The number of nitrogens with zero attached hydrogens (tertiary/aromatic N) is 3.